The zero-order chi connectivity index (χ0) is 19.6. The predicted octanol–water partition coefficient (Wildman–Crippen LogP) is 3.88. The highest BCUT2D eigenvalue weighted by molar-refractivity contribution is 5.79. The van der Waals surface area contributed by atoms with Gasteiger partial charge in [-0.15, -0.1) is 0 Å². The van der Waals surface area contributed by atoms with Crippen LogP contribution in [0.2, 0.25) is 0 Å². The fourth-order valence-corrected chi connectivity index (χ4v) is 4.93. The average Bonchev–Trinajstić information content (AvgIpc) is 3.09. The number of aryl methyl sites for hydroxylation is 2. The lowest BCUT2D eigenvalue weighted by atomic mass is 9.87. The first-order valence-electron chi connectivity index (χ1n) is 10.6. The number of rotatable bonds is 5. The summed E-state index contributed by atoms with van der Waals surface area (Å²) in [6.45, 7) is 7.85. The smallest absolute Gasteiger partial charge is 0.223 e. The molecule has 5 heteroatoms. The summed E-state index contributed by atoms with van der Waals surface area (Å²) in [7, 11) is 0. The largest absolute Gasteiger partial charge is 0.361 e. The van der Waals surface area contributed by atoms with Gasteiger partial charge in [-0.05, 0) is 58.1 Å². The molecule has 2 aliphatic rings. The minimum Gasteiger partial charge on any atom is -0.361 e. The van der Waals surface area contributed by atoms with E-state index in [0.717, 1.165) is 68.8 Å². The van der Waals surface area contributed by atoms with Crippen molar-refractivity contribution in [2.75, 3.05) is 19.6 Å². The van der Waals surface area contributed by atoms with E-state index in [1.54, 1.807) is 0 Å². The summed E-state index contributed by atoms with van der Waals surface area (Å²) >= 11 is 0. The summed E-state index contributed by atoms with van der Waals surface area (Å²) in [6, 6.07) is 10.7. The maximum absolute atomic E-state index is 12.8. The Kier molecular flexibility index (Phi) is 5.54. The zero-order valence-electron chi connectivity index (χ0n) is 17.1. The van der Waals surface area contributed by atoms with Gasteiger partial charge in [-0.1, -0.05) is 35.5 Å². The molecule has 0 aliphatic carbocycles. The molecule has 2 fully saturated rings. The lowest BCUT2D eigenvalue weighted by Gasteiger charge is -2.38. The van der Waals surface area contributed by atoms with E-state index in [-0.39, 0.29) is 11.4 Å². The molecule has 150 valence electrons. The molecule has 1 amide bonds. The number of benzene rings is 1. The Labute approximate surface area is 167 Å². The molecule has 1 aromatic heterocycles. The van der Waals surface area contributed by atoms with E-state index < -0.39 is 0 Å². The first kappa shape index (κ1) is 19.2. The van der Waals surface area contributed by atoms with Crippen LogP contribution in [0.4, 0.5) is 0 Å². The summed E-state index contributed by atoms with van der Waals surface area (Å²) in [6.07, 6.45) is 6.08. The van der Waals surface area contributed by atoms with E-state index in [9.17, 15) is 4.79 Å². The highest BCUT2D eigenvalue weighted by atomic mass is 16.5. The quantitative estimate of drug-likeness (QED) is 0.789. The Morgan fingerprint density at radius 1 is 1.11 bits per heavy atom. The van der Waals surface area contributed by atoms with Crippen molar-refractivity contribution in [2.45, 2.75) is 64.5 Å². The number of carbonyl (C=O) groups is 1. The molecule has 0 unspecified atom stereocenters. The van der Waals surface area contributed by atoms with Gasteiger partial charge in [0.1, 0.15) is 5.76 Å². The molecule has 0 bridgehead atoms. The van der Waals surface area contributed by atoms with E-state index in [1.807, 2.05) is 13.8 Å². The van der Waals surface area contributed by atoms with Crippen LogP contribution >= 0.6 is 0 Å². The third-order valence-electron chi connectivity index (χ3n) is 6.74. The normalized spacial score (nSPS) is 23.5. The van der Waals surface area contributed by atoms with Crippen molar-refractivity contribution < 1.29 is 9.32 Å². The number of aromatic nitrogens is 1. The average molecular weight is 382 g/mol. The topological polar surface area (TPSA) is 49.6 Å². The van der Waals surface area contributed by atoms with Crippen LogP contribution in [-0.4, -0.2) is 46.0 Å². The third kappa shape index (κ3) is 3.86. The Morgan fingerprint density at radius 3 is 2.68 bits per heavy atom. The molecule has 0 radical (unpaired) electrons. The molecule has 5 nitrogen and oxygen atoms in total. The molecule has 4 rings (SSSR count). The van der Waals surface area contributed by atoms with E-state index in [4.69, 9.17) is 4.52 Å². The minimum atomic E-state index is 0.00866. The highest BCUT2D eigenvalue weighted by Crippen LogP contribution is 2.40. The molecular formula is C23H31N3O2. The Balaban J connectivity index is 1.43. The predicted molar refractivity (Wildman–Crippen MR) is 109 cm³/mol. The van der Waals surface area contributed by atoms with E-state index in [1.165, 1.54) is 5.56 Å². The van der Waals surface area contributed by atoms with E-state index in [0.29, 0.717) is 13.0 Å². The first-order chi connectivity index (χ1) is 13.6. The second-order valence-electron chi connectivity index (χ2n) is 8.44. The molecule has 2 saturated heterocycles. The van der Waals surface area contributed by atoms with Gasteiger partial charge in [-0.25, -0.2) is 0 Å². The number of carbonyl (C=O) groups excluding carboxylic acids is 1. The van der Waals surface area contributed by atoms with Crippen molar-refractivity contribution in [2.24, 2.45) is 0 Å². The van der Waals surface area contributed by atoms with Crippen LogP contribution in [0.5, 0.6) is 0 Å². The number of likely N-dealkylation sites (tertiary alicyclic amines) is 2. The molecule has 1 atom stereocenters. The number of nitrogens with zero attached hydrogens (tertiary/aromatic N) is 3. The van der Waals surface area contributed by atoms with Crippen molar-refractivity contribution in [1.82, 2.24) is 15.0 Å². The lowest BCUT2D eigenvalue weighted by Crippen LogP contribution is -2.46. The van der Waals surface area contributed by atoms with Gasteiger partial charge in [0.25, 0.3) is 0 Å². The zero-order valence-corrected chi connectivity index (χ0v) is 17.1. The van der Waals surface area contributed by atoms with Crippen LogP contribution in [-0.2, 0) is 17.8 Å². The van der Waals surface area contributed by atoms with E-state index >= 15 is 0 Å². The maximum atomic E-state index is 12.8. The molecule has 3 heterocycles. The summed E-state index contributed by atoms with van der Waals surface area (Å²) in [5.74, 6) is 1.13. The maximum Gasteiger partial charge on any atom is 0.223 e. The SMILES string of the molecule is Cc1noc(C)c1CN1C(=O)CC[C@]12CCCN(CCc1ccccc1)CC2. The van der Waals surface area contributed by atoms with Gasteiger partial charge in [0, 0.05) is 30.6 Å². The van der Waals surface area contributed by atoms with Gasteiger partial charge in [-0.3, -0.25) is 4.79 Å². The molecule has 28 heavy (non-hydrogen) atoms. The number of amides is 1. The third-order valence-corrected chi connectivity index (χ3v) is 6.74. The van der Waals surface area contributed by atoms with Gasteiger partial charge in [-0.2, -0.15) is 0 Å². The van der Waals surface area contributed by atoms with Crippen molar-refractivity contribution in [3.8, 4) is 0 Å². The minimum absolute atomic E-state index is 0.00866. The number of hydrogen-bond donors (Lipinski definition) is 0. The Hall–Kier alpha value is -2.14. The summed E-state index contributed by atoms with van der Waals surface area (Å²) in [5, 5.41) is 4.08. The van der Waals surface area contributed by atoms with Crippen LogP contribution in [0.15, 0.2) is 34.9 Å². The van der Waals surface area contributed by atoms with Gasteiger partial charge in [0.2, 0.25) is 5.91 Å². The highest BCUT2D eigenvalue weighted by Gasteiger charge is 2.45. The van der Waals surface area contributed by atoms with Gasteiger partial charge < -0.3 is 14.3 Å². The number of hydrogen-bond acceptors (Lipinski definition) is 4. The second kappa shape index (κ2) is 8.08. The molecule has 1 spiro atoms. The van der Waals surface area contributed by atoms with Crippen molar-refractivity contribution in [1.29, 1.82) is 0 Å². The summed E-state index contributed by atoms with van der Waals surface area (Å²) in [5.41, 5.74) is 3.40. The van der Waals surface area contributed by atoms with Crippen LogP contribution in [0.25, 0.3) is 0 Å². The van der Waals surface area contributed by atoms with Crippen LogP contribution < -0.4 is 0 Å². The van der Waals surface area contributed by atoms with Gasteiger partial charge in [0.05, 0.1) is 12.2 Å². The van der Waals surface area contributed by atoms with Crippen molar-refractivity contribution >= 4 is 5.91 Å². The summed E-state index contributed by atoms with van der Waals surface area (Å²) in [4.78, 5) is 17.5. The summed E-state index contributed by atoms with van der Waals surface area (Å²) < 4.78 is 5.34. The molecule has 0 N–H and O–H groups in total. The Morgan fingerprint density at radius 2 is 1.93 bits per heavy atom. The van der Waals surface area contributed by atoms with Crippen molar-refractivity contribution in [3.63, 3.8) is 0 Å². The Bertz CT molecular complexity index is 797. The second-order valence-corrected chi connectivity index (χ2v) is 8.44. The molecule has 1 aromatic carbocycles. The lowest BCUT2D eigenvalue weighted by molar-refractivity contribution is -0.132. The van der Waals surface area contributed by atoms with E-state index in [2.05, 4.69) is 45.3 Å². The first-order valence-corrected chi connectivity index (χ1v) is 10.6. The fourth-order valence-electron chi connectivity index (χ4n) is 4.93. The molecule has 2 aromatic rings. The molecular weight excluding hydrogens is 350 g/mol. The fraction of sp³-hybridized carbons (Fsp3) is 0.565. The standard InChI is InChI=1S/C23H31N3O2/c1-18-21(19(2)28-24-18)17-26-22(27)9-12-23(26)11-6-14-25(16-13-23)15-10-20-7-4-3-5-8-20/h3-5,7-8H,6,9-17H2,1-2H3/t23-/m0/s1. The van der Waals surface area contributed by atoms with Gasteiger partial charge in [0.15, 0.2) is 0 Å². The van der Waals surface area contributed by atoms with Gasteiger partial charge >= 0.3 is 0 Å². The monoisotopic (exact) mass is 381 g/mol. The van der Waals surface area contributed by atoms with Crippen LogP contribution in [0.3, 0.4) is 0 Å². The van der Waals surface area contributed by atoms with Crippen molar-refractivity contribution in [3.05, 3.63) is 52.9 Å². The molecule has 0 saturated carbocycles. The van der Waals surface area contributed by atoms with Crippen LogP contribution in [0.1, 0.15) is 54.7 Å². The molecule has 2 aliphatic heterocycles. The van der Waals surface area contributed by atoms with Crippen LogP contribution in [0, 0.1) is 13.8 Å².